The molecule has 2 aromatic heterocycles. The first-order valence-corrected chi connectivity index (χ1v) is 11.2. The lowest BCUT2D eigenvalue weighted by Crippen LogP contribution is -2.10. The van der Waals surface area contributed by atoms with E-state index in [9.17, 15) is 0 Å². The number of aromatic nitrogens is 3. The van der Waals surface area contributed by atoms with E-state index in [-0.39, 0.29) is 0 Å². The zero-order valence-electron chi connectivity index (χ0n) is 20.4. The lowest BCUT2D eigenvalue weighted by molar-refractivity contribution is 0.324. The van der Waals surface area contributed by atoms with Gasteiger partial charge in [0.2, 0.25) is 5.75 Å². The molecular formula is C26H27N3O6. The summed E-state index contributed by atoms with van der Waals surface area (Å²) in [6.07, 6.45) is 3.43. The van der Waals surface area contributed by atoms with Crippen LogP contribution in [0.4, 0.5) is 0 Å². The molecule has 4 aromatic rings. The Labute approximate surface area is 203 Å². The van der Waals surface area contributed by atoms with Crippen molar-refractivity contribution in [3.05, 3.63) is 53.3 Å². The number of rotatable bonds is 8. The Kier molecular flexibility index (Phi) is 5.98. The molecule has 5 rings (SSSR count). The fourth-order valence-electron chi connectivity index (χ4n) is 4.59. The average Bonchev–Trinajstić information content (AvgIpc) is 3.52. The molecule has 0 atom stereocenters. The number of hydrogen-bond donors (Lipinski definition) is 0. The van der Waals surface area contributed by atoms with Gasteiger partial charge in [0.15, 0.2) is 28.8 Å². The van der Waals surface area contributed by atoms with E-state index in [2.05, 4.69) is 5.16 Å². The van der Waals surface area contributed by atoms with E-state index in [1.165, 1.54) is 0 Å². The standard InChI is InChI=1S/C26H27N3O6/c1-30-19-9-6-15(10-20(19)31-2)14-29-18-8-7-16-13-27-35-25(16)23(18)24(28-29)17-11-21(32-3)26(34-5)22(12-17)33-4/h6,9-13H,7-8,14H2,1-5H3. The fourth-order valence-corrected chi connectivity index (χ4v) is 4.59. The summed E-state index contributed by atoms with van der Waals surface area (Å²) in [6.45, 7) is 0.552. The maximum atomic E-state index is 5.71. The molecule has 0 spiro atoms. The van der Waals surface area contributed by atoms with Gasteiger partial charge in [-0.25, -0.2) is 0 Å². The molecule has 0 amide bonds. The summed E-state index contributed by atoms with van der Waals surface area (Å²) in [7, 11) is 8.04. The van der Waals surface area contributed by atoms with Crippen LogP contribution in [0, 0.1) is 0 Å². The van der Waals surface area contributed by atoms with Gasteiger partial charge >= 0.3 is 0 Å². The van der Waals surface area contributed by atoms with Gasteiger partial charge in [-0.3, -0.25) is 4.68 Å². The van der Waals surface area contributed by atoms with Crippen LogP contribution >= 0.6 is 0 Å². The highest BCUT2D eigenvalue weighted by Gasteiger charge is 2.30. The first-order chi connectivity index (χ1) is 17.1. The van der Waals surface area contributed by atoms with Gasteiger partial charge in [-0.05, 0) is 42.7 Å². The van der Waals surface area contributed by atoms with Crippen LogP contribution < -0.4 is 23.7 Å². The quantitative estimate of drug-likeness (QED) is 0.369. The molecule has 35 heavy (non-hydrogen) atoms. The van der Waals surface area contributed by atoms with Crippen molar-refractivity contribution < 1.29 is 28.2 Å². The van der Waals surface area contributed by atoms with Crippen LogP contribution in [0.2, 0.25) is 0 Å². The van der Waals surface area contributed by atoms with Crippen molar-refractivity contribution >= 4 is 0 Å². The van der Waals surface area contributed by atoms with Crippen LogP contribution in [0.25, 0.3) is 22.6 Å². The maximum absolute atomic E-state index is 5.71. The van der Waals surface area contributed by atoms with Gasteiger partial charge in [-0.2, -0.15) is 5.10 Å². The SMILES string of the molecule is COc1ccc(Cn2nc(-c3cc(OC)c(OC)c(OC)c3)c3c2CCc2cnoc2-3)cc1OC. The number of ether oxygens (including phenoxy) is 5. The molecular weight excluding hydrogens is 450 g/mol. The smallest absolute Gasteiger partial charge is 0.203 e. The monoisotopic (exact) mass is 477 g/mol. The average molecular weight is 478 g/mol. The molecule has 9 nitrogen and oxygen atoms in total. The molecule has 0 saturated carbocycles. The van der Waals surface area contributed by atoms with E-state index in [1.807, 2.05) is 35.0 Å². The second kappa shape index (κ2) is 9.25. The van der Waals surface area contributed by atoms with E-state index in [1.54, 1.807) is 41.7 Å². The number of methoxy groups -OCH3 is 5. The number of fused-ring (bicyclic) bond motifs is 3. The third-order valence-corrected chi connectivity index (χ3v) is 6.28. The number of aryl methyl sites for hydroxylation is 1. The van der Waals surface area contributed by atoms with Crippen molar-refractivity contribution in [3.8, 4) is 51.3 Å². The largest absolute Gasteiger partial charge is 0.493 e. The Morgan fingerprint density at radius 3 is 2.20 bits per heavy atom. The molecule has 0 saturated heterocycles. The van der Waals surface area contributed by atoms with Crippen molar-refractivity contribution in [2.45, 2.75) is 19.4 Å². The van der Waals surface area contributed by atoms with Gasteiger partial charge in [0, 0.05) is 11.1 Å². The van der Waals surface area contributed by atoms with Crippen molar-refractivity contribution in [2.24, 2.45) is 0 Å². The first kappa shape index (κ1) is 22.6. The molecule has 2 heterocycles. The third-order valence-electron chi connectivity index (χ3n) is 6.28. The molecule has 182 valence electrons. The molecule has 1 aliphatic carbocycles. The summed E-state index contributed by atoms with van der Waals surface area (Å²) < 4.78 is 35.3. The summed E-state index contributed by atoms with van der Waals surface area (Å²) in [5, 5.41) is 9.10. The van der Waals surface area contributed by atoms with E-state index < -0.39 is 0 Å². The van der Waals surface area contributed by atoms with Gasteiger partial charge in [0.25, 0.3) is 0 Å². The molecule has 1 aliphatic rings. The number of hydrogen-bond acceptors (Lipinski definition) is 8. The molecule has 0 radical (unpaired) electrons. The first-order valence-electron chi connectivity index (χ1n) is 11.2. The Bertz CT molecular complexity index is 1350. The summed E-state index contributed by atoms with van der Waals surface area (Å²) >= 11 is 0. The predicted octanol–water partition coefficient (Wildman–Crippen LogP) is 4.40. The minimum absolute atomic E-state index is 0.526. The Hall–Kier alpha value is -4.14. The summed E-state index contributed by atoms with van der Waals surface area (Å²) in [6, 6.07) is 9.68. The van der Waals surface area contributed by atoms with Gasteiger partial charge in [0.05, 0.1) is 59.5 Å². The van der Waals surface area contributed by atoms with Crippen molar-refractivity contribution in [1.29, 1.82) is 0 Å². The second-order valence-corrected chi connectivity index (χ2v) is 8.11. The minimum Gasteiger partial charge on any atom is -0.493 e. The highest BCUT2D eigenvalue weighted by molar-refractivity contribution is 5.84. The van der Waals surface area contributed by atoms with E-state index >= 15 is 0 Å². The van der Waals surface area contributed by atoms with Crippen LogP contribution in [-0.2, 0) is 19.4 Å². The van der Waals surface area contributed by atoms with E-state index in [0.29, 0.717) is 35.3 Å². The van der Waals surface area contributed by atoms with Crippen LogP contribution in [0.5, 0.6) is 28.7 Å². The molecule has 0 fully saturated rings. The summed E-state index contributed by atoms with van der Waals surface area (Å²) in [5.41, 5.74) is 5.69. The normalized spacial score (nSPS) is 12.0. The Morgan fingerprint density at radius 1 is 0.829 bits per heavy atom. The van der Waals surface area contributed by atoms with Crippen LogP contribution in [0.1, 0.15) is 16.8 Å². The van der Waals surface area contributed by atoms with E-state index in [4.69, 9.17) is 33.3 Å². The van der Waals surface area contributed by atoms with Gasteiger partial charge < -0.3 is 28.2 Å². The Morgan fingerprint density at radius 2 is 1.54 bits per heavy atom. The van der Waals surface area contributed by atoms with Crippen molar-refractivity contribution in [2.75, 3.05) is 35.5 Å². The minimum atomic E-state index is 0.526. The molecule has 0 bridgehead atoms. The van der Waals surface area contributed by atoms with Crippen LogP contribution in [-0.4, -0.2) is 50.5 Å². The van der Waals surface area contributed by atoms with Crippen molar-refractivity contribution in [1.82, 2.24) is 14.9 Å². The molecule has 2 aromatic carbocycles. The Balaban J connectivity index is 1.67. The molecule has 0 N–H and O–H groups in total. The maximum Gasteiger partial charge on any atom is 0.203 e. The van der Waals surface area contributed by atoms with Crippen LogP contribution in [0.15, 0.2) is 41.1 Å². The lowest BCUT2D eigenvalue weighted by Gasteiger charge is -2.15. The molecule has 0 aliphatic heterocycles. The summed E-state index contributed by atoms with van der Waals surface area (Å²) in [4.78, 5) is 0. The predicted molar refractivity (Wildman–Crippen MR) is 129 cm³/mol. The topological polar surface area (TPSA) is 90.0 Å². The number of nitrogens with zero attached hydrogens (tertiary/aromatic N) is 3. The van der Waals surface area contributed by atoms with Crippen molar-refractivity contribution in [3.63, 3.8) is 0 Å². The lowest BCUT2D eigenvalue weighted by atomic mass is 9.92. The van der Waals surface area contributed by atoms with Gasteiger partial charge in [-0.1, -0.05) is 11.2 Å². The third kappa shape index (κ3) is 3.82. The van der Waals surface area contributed by atoms with Crippen LogP contribution in [0.3, 0.4) is 0 Å². The van der Waals surface area contributed by atoms with E-state index in [0.717, 1.165) is 52.2 Å². The molecule has 0 unspecified atom stereocenters. The highest BCUT2D eigenvalue weighted by Crippen LogP contribution is 2.45. The zero-order valence-corrected chi connectivity index (χ0v) is 20.4. The van der Waals surface area contributed by atoms with Gasteiger partial charge in [-0.15, -0.1) is 0 Å². The zero-order chi connectivity index (χ0) is 24.5. The van der Waals surface area contributed by atoms with Gasteiger partial charge in [0.1, 0.15) is 5.69 Å². The highest BCUT2D eigenvalue weighted by atomic mass is 16.5. The second-order valence-electron chi connectivity index (χ2n) is 8.11. The number of benzene rings is 2. The molecule has 9 heteroatoms. The summed E-state index contributed by atoms with van der Waals surface area (Å²) in [5.74, 6) is 3.74. The fraction of sp³-hybridized carbons (Fsp3) is 0.308.